The summed E-state index contributed by atoms with van der Waals surface area (Å²) in [6.07, 6.45) is 1.71. The summed E-state index contributed by atoms with van der Waals surface area (Å²) in [6, 6.07) is 4.58. The number of nitro benzene ring substituents is 1. The number of fused-ring (bicyclic) bond motifs is 1. The van der Waals surface area contributed by atoms with Crippen molar-refractivity contribution in [3.63, 3.8) is 0 Å². The van der Waals surface area contributed by atoms with Crippen molar-refractivity contribution in [2.24, 2.45) is 0 Å². The van der Waals surface area contributed by atoms with Gasteiger partial charge in [0.15, 0.2) is 0 Å². The van der Waals surface area contributed by atoms with Crippen LogP contribution in [0.2, 0.25) is 0 Å². The quantitative estimate of drug-likeness (QED) is 0.654. The molecule has 3 rings (SSSR count). The third-order valence-electron chi connectivity index (χ3n) is 4.16. The van der Waals surface area contributed by atoms with Crippen molar-refractivity contribution in [1.82, 2.24) is 4.98 Å². The van der Waals surface area contributed by atoms with Crippen LogP contribution in [0.4, 0.5) is 5.69 Å². The van der Waals surface area contributed by atoms with E-state index in [-0.39, 0.29) is 29.2 Å². The lowest BCUT2D eigenvalue weighted by atomic mass is 10.1. The number of pyridine rings is 1. The van der Waals surface area contributed by atoms with E-state index >= 15 is 0 Å². The van der Waals surface area contributed by atoms with Crippen molar-refractivity contribution in [3.05, 3.63) is 40.1 Å². The highest BCUT2D eigenvalue weighted by Gasteiger charge is 2.27. The Balaban J connectivity index is 2.00. The molecule has 0 aliphatic carbocycles. The number of quaternary nitrogens is 1. The summed E-state index contributed by atoms with van der Waals surface area (Å²) in [6.45, 7) is 6.00. The molecule has 1 saturated heterocycles. The number of nitrogens with one attached hydrogen (secondary N) is 1. The standard InChI is InChI=1S/C16H19N3O4/c1-10-7-18(8-11(2)23-10)9-12-6-14(19(21)22)13-4-3-5-17-15(13)16(12)20/h3-6,10-11,20H,7-9H2,1-2H3/t10-,11-/m1/s1. The summed E-state index contributed by atoms with van der Waals surface area (Å²) in [5.74, 6) is -0.217. The van der Waals surface area contributed by atoms with Crippen molar-refractivity contribution in [2.75, 3.05) is 13.1 Å². The van der Waals surface area contributed by atoms with Gasteiger partial charge in [-0.2, -0.15) is 0 Å². The second-order valence-corrected chi connectivity index (χ2v) is 6.13. The molecule has 1 aromatic carbocycles. The lowest BCUT2D eigenvalue weighted by molar-refractivity contribution is -0.928. The summed E-state index contributed by atoms with van der Waals surface area (Å²) in [7, 11) is 0. The molecule has 1 aliphatic heterocycles. The Morgan fingerprint density at radius 1 is 1.39 bits per heavy atom. The first-order valence-electron chi connectivity index (χ1n) is 7.66. The van der Waals surface area contributed by atoms with Crippen LogP contribution in [0.25, 0.3) is 10.9 Å². The average molecular weight is 317 g/mol. The molecule has 1 aliphatic rings. The molecule has 7 nitrogen and oxygen atoms in total. The first kappa shape index (κ1) is 15.6. The maximum atomic E-state index is 12.6. The van der Waals surface area contributed by atoms with Crippen LogP contribution in [0.3, 0.4) is 0 Å². The zero-order valence-corrected chi connectivity index (χ0v) is 13.1. The first-order chi connectivity index (χ1) is 11.0. The molecule has 122 valence electrons. The zero-order chi connectivity index (χ0) is 16.6. The van der Waals surface area contributed by atoms with E-state index in [1.165, 1.54) is 17.2 Å². The van der Waals surface area contributed by atoms with Gasteiger partial charge in [-0.1, -0.05) is 5.75 Å². The Hall–Kier alpha value is -2.25. The Kier molecular flexibility index (Phi) is 4.14. The minimum Gasteiger partial charge on any atom is -0.871 e. The summed E-state index contributed by atoms with van der Waals surface area (Å²) in [4.78, 5) is 16.1. The highest BCUT2D eigenvalue weighted by atomic mass is 16.6. The molecule has 2 heterocycles. The third kappa shape index (κ3) is 3.11. The maximum Gasteiger partial charge on any atom is 0.279 e. The van der Waals surface area contributed by atoms with E-state index in [0.29, 0.717) is 17.5 Å². The predicted molar refractivity (Wildman–Crippen MR) is 82.3 cm³/mol. The van der Waals surface area contributed by atoms with Crippen LogP contribution in [-0.4, -0.2) is 35.2 Å². The summed E-state index contributed by atoms with van der Waals surface area (Å²) in [5, 5.41) is 24.2. The molecule has 0 saturated carbocycles. The molecule has 0 unspecified atom stereocenters. The van der Waals surface area contributed by atoms with E-state index < -0.39 is 4.92 Å². The molecular formula is C16H19N3O4. The van der Waals surface area contributed by atoms with Gasteiger partial charge in [0.2, 0.25) is 0 Å². The van der Waals surface area contributed by atoms with Crippen molar-refractivity contribution in [3.8, 4) is 5.75 Å². The van der Waals surface area contributed by atoms with Crippen LogP contribution in [0.1, 0.15) is 19.4 Å². The molecule has 2 aromatic rings. The lowest BCUT2D eigenvalue weighted by Crippen LogP contribution is -3.14. The van der Waals surface area contributed by atoms with Crippen LogP contribution in [0.15, 0.2) is 24.4 Å². The lowest BCUT2D eigenvalue weighted by Gasteiger charge is -2.33. The van der Waals surface area contributed by atoms with Crippen LogP contribution in [0, 0.1) is 10.1 Å². The summed E-state index contributed by atoms with van der Waals surface area (Å²) < 4.78 is 5.70. The van der Waals surface area contributed by atoms with E-state index in [0.717, 1.165) is 13.1 Å². The predicted octanol–water partition coefficient (Wildman–Crippen LogP) is 0.409. The molecule has 7 heteroatoms. The van der Waals surface area contributed by atoms with Crippen molar-refractivity contribution in [2.45, 2.75) is 32.6 Å². The Morgan fingerprint density at radius 3 is 2.74 bits per heavy atom. The molecule has 0 spiro atoms. The highest BCUT2D eigenvalue weighted by Crippen LogP contribution is 2.32. The molecular weight excluding hydrogens is 298 g/mol. The number of morpholine rings is 1. The Labute approximate surface area is 133 Å². The topological polar surface area (TPSA) is 92.8 Å². The largest absolute Gasteiger partial charge is 0.871 e. The van der Waals surface area contributed by atoms with Gasteiger partial charge in [0.25, 0.3) is 5.69 Å². The van der Waals surface area contributed by atoms with Crippen molar-refractivity contribution >= 4 is 16.6 Å². The van der Waals surface area contributed by atoms with Crippen LogP contribution in [-0.2, 0) is 11.3 Å². The second kappa shape index (κ2) is 6.10. The molecule has 1 aromatic heterocycles. The number of benzene rings is 1. The highest BCUT2D eigenvalue weighted by molar-refractivity contribution is 5.92. The van der Waals surface area contributed by atoms with Gasteiger partial charge in [-0.15, -0.1) is 0 Å². The van der Waals surface area contributed by atoms with E-state index in [1.807, 2.05) is 13.8 Å². The first-order valence-corrected chi connectivity index (χ1v) is 7.66. The molecule has 2 atom stereocenters. The molecule has 0 radical (unpaired) electrons. The Morgan fingerprint density at radius 2 is 2.09 bits per heavy atom. The van der Waals surface area contributed by atoms with Gasteiger partial charge in [0, 0.05) is 17.8 Å². The van der Waals surface area contributed by atoms with Gasteiger partial charge in [0.05, 0.1) is 15.8 Å². The molecule has 1 N–H and O–H groups in total. The van der Waals surface area contributed by atoms with E-state index in [1.54, 1.807) is 12.1 Å². The average Bonchev–Trinajstić information content (AvgIpc) is 2.49. The molecule has 0 amide bonds. The minimum atomic E-state index is -0.452. The van der Waals surface area contributed by atoms with Crippen molar-refractivity contribution in [1.29, 1.82) is 0 Å². The second-order valence-electron chi connectivity index (χ2n) is 6.13. The van der Waals surface area contributed by atoms with E-state index in [9.17, 15) is 15.2 Å². The molecule has 23 heavy (non-hydrogen) atoms. The number of ether oxygens (including phenoxy) is 1. The summed E-state index contributed by atoms with van der Waals surface area (Å²) in [5.41, 5.74) is 0.557. The number of hydrogen-bond donors (Lipinski definition) is 1. The van der Waals surface area contributed by atoms with E-state index in [2.05, 4.69) is 4.98 Å². The smallest absolute Gasteiger partial charge is 0.279 e. The van der Waals surface area contributed by atoms with Gasteiger partial charge in [-0.05, 0) is 26.0 Å². The fraction of sp³-hybridized carbons (Fsp3) is 0.438. The fourth-order valence-corrected chi connectivity index (χ4v) is 3.34. The fourth-order valence-electron chi connectivity index (χ4n) is 3.34. The van der Waals surface area contributed by atoms with Crippen molar-refractivity contribution < 1.29 is 19.7 Å². The van der Waals surface area contributed by atoms with Crippen LogP contribution in [0.5, 0.6) is 5.75 Å². The number of hydrogen-bond acceptors (Lipinski definition) is 5. The molecule has 1 fully saturated rings. The van der Waals surface area contributed by atoms with Gasteiger partial charge < -0.3 is 14.7 Å². The van der Waals surface area contributed by atoms with Gasteiger partial charge >= 0.3 is 0 Å². The number of aromatic nitrogens is 1. The minimum absolute atomic E-state index is 0.0588. The molecule has 0 bridgehead atoms. The van der Waals surface area contributed by atoms with E-state index in [4.69, 9.17) is 4.74 Å². The number of rotatable bonds is 3. The maximum absolute atomic E-state index is 12.6. The van der Waals surface area contributed by atoms with Crippen LogP contribution >= 0.6 is 0 Å². The number of nitrogens with zero attached hydrogens (tertiary/aromatic N) is 2. The van der Waals surface area contributed by atoms with Crippen LogP contribution < -0.4 is 10.0 Å². The third-order valence-corrected chi connectivity index (χ3v) is 4.16. The normalized spacial score (nSPS) is 24.7. The number of nitro groups is 1. The zero-order valence-electron chi connectivity index (χ0n) is 13.1. The SMILES string of the molecule is C[C@@H]1C[NH+](Cc2cc([N+](=O)[O-])c3cccnc3c2[O-])C[C@@H](C)O1. The monoisotopic (exact) mass is 317 g/mol. The summed E-state index contributed by atoms with van der Waals surface area (Å²) >= 11 is 0. The Bertz CT molecular complexity index is 739. The van der Waals surface area contributed by atoms with Gasteiger partial charge in [-0.25, -0.2) is 0 Å². The number of non-ortho nitro benzene ring substituents is 1. The van der Waals surface area contributed by atoms with Gasteiger partial charge in [-0.3, -0.25) is 15.1 Å². The van der Waals surface area contributed by atoms with Gasteiger partial charge in [0.1, 0.15) is 31.8 Å².